The average molecular weight is 213 g/mol. The van der Waals surface area contributed by atoms with E-state index >= 15 is 0 Å². The molecule has 0 aliphatic heterocycles. The van der Waals surface area contributed by atoms with Crippen molar-refractivity contribution >= 4 is 0 Å². The number of azide groups is 1. The summed E-state index contributed by atoms with van der Waals surface area (Å²) in [7, 11) is 0. The molecule has 0 heterocycles. The second-order valence-electron chi connectivity index (χ2n) is 3.61. The zero-order valence-corrected chi connectivity index (χ0v) is 8.71. The molecule has 1 aliphatic carbocycles. The van der Waals surface area contributed by atoms with E-state index in [4.69, 9.17) is 16.7 Å². The van der Waals surface area contributed by atoms with Gasteiger partial charge in [-0.05, 0) is 23.1 Å². The van der Waals surface area contributed by atoms with E-state index in [1.807, 2.05) is 24.3 Å². The fourth-order valence-corrected chi connectivity index (χ4v) is 2.03. The lowest BCUT2D eigenvalue weighted by molar-refractivity contribution is 0.0673. The zero-order valence-electron chi connectivity index (χ0n) is 8.71. The lowest BCUT2D eigenvalue weighted by Crippen LogP contribution is -2.17. The van der Waals surface area contributed by atoms with Crippen LogP contribution in [0.25, 0.3) is 10.4 Å². The molecule has 1 aromatic rings. The van der Waals surface area contributed by atoms with Crippen LogP contribution in [0.1, 0.15) is 17.2 Å². The monoisotopic (exact) mass is 213 g/mol. The van der Waals surface area contributed by atoms with E-state index in [-0.39, 0.29) is 18.8 Å². The van der Waals surface area contributed by atoms with E-state index in [0.29, 0.717) is 0 Å². The van der Waals surface area contributed by atoms with Gasteiger partial charge in [0.25, 0.3) is 0 Å². The van der Waals surface area contributed by atoms with Crippen molar-refractivity contribution in [2.75, 3.05) is 6.61 Å². The van der Waals surface area contributed by atoms with Crippen LogP contribution in [0, 0.1) is 12.3 Å². The first kappa shape index (κ1) is 10.6. The molecule has 0 aromatic heterocycles. The predicted octanol–water partition coefficient (Wildman–Crippen LogP) is 2.61. The normalized spacial score (nSPS) is 21.9. The number of hydrogen-bond donors (Lipinski definition) is 0. The van der Waals surface area contributed by atoms with Gasteiger partial charge in [-0.1, -0.05) is 35.3 Å². The van der Waals surface area contributed by atoms with Gasteiger partial charge in [-0.2, -0.15) is 0 Å². The lowest BCUT2D eigenvalue weighted by Gasteiger charge is -2.14. The van der Waals surface area contributed by atoms with Crippen molar-refractivity contribution in [3.8, 4) is 12.3 Å². The predicted molar refractivity (Wildman–Crippen MR) is 60.6 cm³/mol. The van der Waals surface area contributed by atoms with Crippen molar-refractivity contribution in [3.05, 3.63) is 45.8 Å². The third kappa shape index (κ3) is 1.87. The van der Waals surface area contributed by atoms with Gasteiger partial charge in [0.05, 0.1) is 12.1 Å². The van der Waals surface area contributed by atoms with Crippen LogP contribution in [-0.2, 0) is 11.2 Å². The minimum Gasteiger partial charge on any atom is -0.364 e. The van der Waals surface area contributed by atoms with Gasteiger partial charge in [0, 0.05) is 4.91 Å². The summed E-state index contributed by atoms with van der Waals surface area (Å²) in [5, 5.41) is 3.79. The van der Waals surface area contributed by atoms with Crippen LogP contribution in [0.5, 0.6) is 0 Å². The molecule has 4 heteroatoms. The molecule has 0 radical (unpaired) electrons. The average Bonchev–Trinajstić information content (AvgIpc) is 2.66. The second-order valence-corrected chi connectivity index (χ2v) is 3.61. The van der Waals surface area contributed by atoms with Gasteiger partial charge >= 0.3 is 0 Å². The Labute approximate surface area is 93.9 Å². The topological polar surface area (TPSA) is 58.0 Å². The molecular weight excluding hydrogens is 202 g/mol. The standard InChI is InChI=1S/C12H11N3O/c1-2-7-16-11-8-9-5-3-4-6-10(9)12(11)14-15-13/h1,3-6,11-12H,7-8H2/t11-,12-/m1/s1. The zero-order chi connectivity index (χ0) is 11.4. The van der Waals surface area contributed by atoms with Crippen molar-refractivity contribution in [3.63, 3.8) is 0 Å². The first-order valence-electron chi connectivity index (χ1n) is 5.04. The molecule has 2 atom stereocenters. The highest BCUT2D eigenvalue weighted by atomic mass is 16.5. The first-order chi connectivity index (χ1) is 7.86. The maximum atomic E-state index is 8.56. The fourth-order valence-electron chi connectivity index (χ4n) is 2.03. The Morgan fingerprint density at radius 2 is 2.38 bits per heavy atom. The van der Waals surface area contributed by atoms with Crippen molar-refractivity contribution in [1.82, 2.24) is 0 Å². The Bertz CT molecular complexity index is 471. The van der Waals surface area contributed by atoms with Gasteiger partial charge in [-0.15, -0.1) is 6.42 Å². The maximum absolute atomic E-state index is 8.56. The van der Waals surface area contributed by atoms with Crippen molar-refractivity contribution in [2.45, 2.75) is 18.6 Å². The van der Waals surface area contributed by atoms with Gasteiger partial charge < -0.3 is 4.74 Å². The quantitative estimate of drug-likeness (QED) is 0.329. The third-order valence-electron chi connectivity index (χ3n) is 2.70. The van der Waals surface area contributed by atoms with Crippen LogP contribution in [0.15, 0.2) is 29.4 Å². The Morgan fingerprint density at radius 3 is 3.12 bits per heavy atom. The highest BCUT2D eigenvalue weighted by Gasteiger charge is 2.31. The summed E-state index contributed by atoms with van der Waals surface area (Å²) in [5.41, 5.74) is 10.8. The first-order valence-corrected chi connectivity index (χ1v) is 5.04. The van der Waals surface area contributed by atoms with Crippen LogP contribution in [0.4, 0.5) is 0 Å². The minimum absolute atomic E-state index is 0.135. The highest BCUT2D eigenvalue weighted by Crippen LogP contribution is 2.36. The smallest absolute Gasteiger partial charge is 0.107 e. The molecule has 16 heavy (non-hydrogen) atoms. The molecule has 1 aliphatic rings. The van der Waals surface area contributed by atoms with Crippen molar-refractivity contribution in [2.24, 2.45) is 5.11 Å². The molecule has 0 N–H and O–H groups in total. The molecule has 80 valence electrons. The summed E-state index contributed by atoms with van der Waals surface area (Å²) >= 11 is 0. The Balaban J connectivity index is 2.27. The number of terminal acetylenes is 1. The molecular formula is C12H11N3O. The maximum Gasteiger partial charge on any atom is 0.107 e. The van der Waals surface area contributed by atoms with Gasteiger partial charge in [0.15, 0.2) is 0 Å². The van der Waals surface area contributed by atoms with E-state index in [1.165, 1.54) is 5.56 Å². The molecule has 1 aromatic carbocycles. The van der Waals surface area contributed by atoms with Crippen LogP contribution in [0.3, 0.4) is 0 Å². The van der Waals surface area contributed by atoms with Crippen LogP contribution < -0.4 is 0 Å². The van der Waals surface area contributed by atoms with Crippen molar-refractivity contribution < 1.29 is 4.74 Å². The lowest BCUT2D eigenvalue weighted by atomic mass is 10.1. The van der Waals surface area contributed by atoms with Crippen LogP contribution >= 0.6 is 0 Å². The van der Waals surface area contributed by atoms with E-state index in [2.05, 4.69) is 15.9 Å². The van der Waals surface area contributed by atoms with Gasteiger partial charge in [0.1, 0.15) is 6.61 Å². The number of ether oxygens (including phenoxy) is 1. The fraction of sp³-hybridized carbons (Fsp3) is 0.333. The Morgan fingerprint density at radius 1 is 1.56 bits per heavy atom. The summed E-state index contributed by atoms with van der Waals surface area (Å²) in [4.78, 5) is 2.87. The number of benzene rings is 1. The summed E-state index contributed by atoms with van der Waals surface area (Å²) in [6.07, 6.45) is 5.77. The van der Waals surface area contributed by atoms with Gasteiger partial charge in [-0.3, -0.25) is 0 Å². The molecule has 0 spiro atoms. The Hall–Kier alpha value is -1.95. The van der Waals surface area contributed by atoms with Crippen LogP contribution in [-0.4, -0.2) is 12.7 Å². The highest BCUT2D eigenvalue weighted by molar-refractivity contribution is 5.36. The Kier molecular flexibility index (Phi) is 3.11. The molecule has 0 bridgehead atoms. The summed E-state index contributed by atoms with van der Waals surface area (Å²) in [6, 6.07) is 7.63. The molecule has 0 unspecified atom stereocenters. The molecule has 0 fully saturated rings. The van der Waals surface area contributed by atoms with Crippen LogP contribution in [0.2, 0.25) is 0 Å². The molecule has 0 saturated carbocycles. The number of rotatable bonds is 3. The van der Waals surface area contributed by atoms with E-state index in [1.54, 1.807) is 0 Å². The van der Waals surface area contributed by atoms with Gasteiger partial charge in [0.2, 0.25) is 0 Å². The van der Waals surface area contributed by atoms with E-state index in [0.717, 1.165) is 12.0 Å². The minimum atomic E-state index is -0.255. The molecule has 2 rings (SSSR count). The largest absolute Gasteiger partial charge is 0.364 e. The molecule has 4 nitrogen and oxygen atoms in total. The summed E-state index contributed by atoms with van der Waals surface area (Å²) in [5.74, 6) is 2.43. The van der Waals surface area contributed by atoms with Gasteiger partial charge in [-0.25, -0.2) is 0 Å². The number of nitrogens with zero attached hydrogens (tertiary/aromatic N) is 3. The molecule has 0 amide bonds. The van der Waals surface area contributed by atoms with E-state index < -0.39 is 0 Å². The summed E-state index contributed by atoms with van der Waals surface area (Å²) < 4.78 is 5.50. The number of hydrogen-bond acceptors (Lipinski definition) is 2. The second kappa shape index (κ2) is 4.71. The third-order valence-corrected chi connectivity index (χ3v) is 2.70. The summed E-state index contributed by atoms with van der Waals surface area (Å²) in [6.45, 7) is 0.246. The SMILES string of the molecule is C#CCO[C@@H]1Cc2ccccc2[C@H]1N=[N+]=[N-]. The molecule has 0 saturated heterocycles. The number of fused-ring (bicyclic) bond motifs is 1. The van der Waals surface area contributed by atoms with E-state index in [9.17, 15) is 0 Å². The van der Waals surface area contributed by atoms with Crippen molar-refractivity contribution in [1.29, 1.82) is 0 Å².